The summed E-state index contributed by atoms with van der Waals surface area (Å²) in [5, 5.41) is 3.40. The number of rotatable bonds is 5. The summed E-state index contributed by atoms with van der Waals surface area (Å²) in [6.07, 6.45) is 10.6. The number of anilines is 1. The number of carbonyl (C=O) groups excluding carboxylic acids is 1. The normalized spacial score (nSPS) is 19.8. The van der Waals surface area contributed by atoms with E-state index < -0.39 is 0 Å². The number of nitrogens with one attached hydrogen (secondary N) is 1. The molecule has 2 aliphatic heterocycles. The number of carbonyl (C=O) groups is 1. The van der Waals surface area contributed by atoms with Gasteiger partial charge in [-0.1, -0.05) is 12.8 Å². The van der Waals surface area contributed by atoms with Gasteiger partial charge in [0.25, 0.3) is 5.91 Å². The van der Waals surface area contributed by atoms with Gasteiger partial charge in [-0.3, -0.25) is 4.79 Å². The van der Waals surface area contributed by atoms with Crippen molar-refractivity contribution < 1.29 is 4.79 Å². The van der Waals surface area contributed by atoms with Crippen molar-refractivity contribution in [3.63, 3.8) is 0 Å². The van der Waals surface area contributed by atoms with E-state index in [1.807, 2.05) is 17.0 Å². The number of hydrogen-bond acceptors (Lipinski definition) is 4. The number of pyridine rings is 1. The van der Waals surface area contributed by atoms with E-state index in [1.54, 1.807) is 6.20 Å². The summed E-state index contributed by atoms with van der Waals surface area (Å²) < 4.78 is 0. The molecule has 2 fully saturated rings. The van der Waals surface area contributed by atoms with Gasteiger partial charge >= 0.3 is 0 Å². The lowest BCUT2D eigenvalue weighted by Gasteiger charge is -2.27. The van der Waals surface area contributed by atoms with Gasteiger partial charge in [0.1, 0.15) is 5.82 Å². The van der Waals surface area contributed by atoms with E-state index in [1.165, 1.54) is 45.2 Å². The van der Waals surface area contributed by atoms with E-state index in [4.69, 9.17) is 0 Å². The van der Waals surface area contributed by atoms with Crippen LogP contribution in [-0.2, 0) is 0 Å². The summed E-state index contributed by atoms with van der Waals surface area (Å²) in [6, 6.07) is 3.76. The van der Waals surface area contributed by atoms with Gasteiger partial charge in [-0.05, 0) is 57.3 Å². The van der Waals surface area contributed by atoms with Crippen LogP contribution in [-0.4, -0.2) is 60.0 Å². The van der Waals surface area contributed by atoms with Crippen molar-refractivity contribution in [3.8, 4) is 0 Å². The highest BCUT2D eigenvalue weighted by Crippen LogP contribution is 2.18. The maximum Gasteiger partial charge on any atom is 0.257 e. The minimum absolute atomic E-state index is 0.125. The summed E-state index contributed by atoms with van der Waals surface area (Å²) in [6.45, 7) is 6.01. The van der Waals surface area contributed by atoms with Crippen LogP contribution < -0.4 is 5.32 Å². The Morgan fingerprint density at radius 2 is 1.67 bits per heavy atom. The Morgan fingerprint density at radius 3 is 2.42 bits per heavy atom. The topological polar surface area (TPSA) is 48.5 Å². The zero-order valence-electron chi connectivity index (χ0n) is 14.7. The highest BCUT2D eigenvalue weighted by atomic mass is 16.2. The Hall–Kier alpha value is -1.62. The van der Waals surface area contributed by atoms with Gasteiger partial charge < -0.3 is 15.1 Å². The first-order valence-corrected chi connectivity index (χ1v) is 9.55. The van der Waals surface area contributed by atoms with Crippen molar-refractivity contribution in [2.24, 2.45) is 0 Å². The predicted octanol–water partition coefficient (Wildman–Crippen LogP) is 3.00. The Morgan fingerprint density at radius 1 is 1.00 bits per heavy atom. The first kappa shape index (κ1) is 17.2. The molecular formula is C19H30N4O. The second-order valence-corrected chi connectivity index (χ2v) is 6.94. The third-order valence-corrected chi connectivity index (χ3v) is 5.10. The molecule has 0 aromatic carbocycles. The lowest BCUT2D eigenvalue weighted by atomic mass is 10.1. The van der Waals surface area contributed by atoms with Crippen LogP contribution in [0.3, 0.4) is 0 Å². The van der Waals surface area contributed by atoms with Crippen molar-refractivity contribution in [2.75, 3.05) is 44.6 Å². The smallest absolute Gasteiger partial charge is 0.257 e. The van der Waals surface area contributed by atoms with E-state index in [0.29, 0.717) is 0 Å². The Labute approximate surface area is 145 Å². The summed E-state index contributed by atoms with van der Waals surface area (Å²) in [7, 11) is 0. The molecule has 2 saturated heterocycles. The van der Waals surface area contributed by atoms with Gasteiger partial charge in [0.15, 0.2) is 0 Å². The van der Waals surface area contributed by atoms with Crippen LogP contribution in [0.25, 0.3) is 0 Å². The van der Waals surface area contributed by atoms with Crippen LogP contribution in [0.2, 0.25) is 0 Å². The van der Waals surface area contributed by atoms with Crippen LogP contribution in [0.5, 0.6) is 0 Å². The number of aromatic nitrogens is 1. The van der Waals surface area contributed by atoms with Crippen LogP contribution in [0.4, 0.5) is 5.82 Å². The SMILES string of the molecule is O=C(c1cccnc1NCCN1CCCCCC1)N1CCCCC1. The summed E-state index contributed by atoms with van der Waals surface area (Å²) in [5.41, 5.74) is 0.718. The van der Waals surface area contributed by atoms with Crippen molar-refractivity contribution in [1.82, 2.24) is 14.8 Å². The quantitative estimate of drug-likeness (QED) is 0.902. The number of likely N-dealkylation sites (tertiary alicyclic amines) is 2. The average Bonchev–Trinajstić information content (AvgIpc) is 2.91. The molecule has 1 amide bonds. The number of nitrogens with zero attached hydrogens (tertiary/aromatic N) is 3. The Balaban J connectivity index is 1.56. The third kappa shape index (κ3) is 4.69. The van der Waals surface area contributed by atoms with E-state index in [9.17, 15) is 4.79 Å². The molecule has 0 radical (unpaired) electrons. The van der Waals surface area contributed by atoms with Crippen LogP contribution >= 0.6 is 0 Å². The van der Waals surface area contributed by atoms with Crippen LogP contribution in [0, 0.1) is 0 Å². The number of amides is 1. The third-order valence-electron chi connectivity index (χ3n) is 5.10. The van der Waals surface area contributed by atoms with Gasteiger partial charge in [0.05, 0.1) is 5.56 Å². The predicted molar refractivity (Wildman–Crippen MR) is 97.4 cm³/mol. The molecule has 0 spiro atoms. The highest BCUT2D eigenvalue weighted by Gasteiger charge is 2.21. The second kappa shape index (κ2) is 9.02. The molecule has 0 saturated carbocycles. The number of piperidine rings is 1. The summed E-state index contributed by atoms with van der Waals surface area (Å²) >= 11 is 0. The van der Waals surface area contributed by atoms with Crippen LogP contribution in [0.15, 0.2) is 18.3 Å². The standard InChI is InChI=1S/C19H30N4O/c24-19(23-14-6-3-7-15-23)17-9-8-10-20-18(17)21-11-16-22-12-4-1-2-5-13-22/h8-10H,1-7,11-16H2,(H,20,21). The molecule has 1 aromatic rings. The first-order valence-electron chi connectivity index (χ1n) is 9.55. The lowest BCUT2D eigenvalue weighted by Crippen LogP contribution is -2.36. The monoisotopic (exact) mass is 330 g/mol. The van der Waals surface area contributed by atoms with E-state index in [2.05, 4.69) is 15.2 Å². The molecular weight excluding hydrogens is 300 g/mol. The molecule has 0 bridgehead atoms. The fourth-order valence-corrected chi connectivity index (χ4v) is 3.68. The minimum atomic E-state index is 0.125. The van der Waals surface area contributed by atoms with E-state index in [0.717, 1.165) is 50.4 Å². The van der Waals surface area contributed by atoms with Gasteiger partial charge in [-0.2, -0.15) is 0 Å². The Bertz CT molecular complexity index is 520. The molecule has 1 aromatic heterocycles. The molecule has 0 aliphatic carbocycles. The van der Waals surface area contributed by atoms with Gasteiger partial charge in [-0.25, -0.2) is 4.98 Å². The average molecular weight is 330 g/mol. The molecule has 24 heavy (non-hydrogen) atoms. The van der Waals surface area contributed by atoms with Gasteiger partial charge in [-0.15, -0.1) is 0 Å². The molecule has 3 rings (SSSR count). The minimum Gasteiger partial charge on any atom is -0.368 e. The highest BCUT2D eigenvalue weighted by molar-refractivity contribution is 5.98. The molecule has 1 N–H and O–H groups in total. The van der Waals surface area contributed by atoms with E-state index >= 15 is 0 Å². The maximum atomic E-state index is 12.8. The molecule has 5 heteroatoms. The molecule has 2 aliphatic rings. The summed E-state index contributed by atoms with van der Waals surface area (Å²) in [4.78, 5) is 21.7. The zero-order chi connectivity index (χ0) is 16.6. The van der Waals surface area contributed by atoms with Crippen molar-refractivity contribution in [2.45, 2.75) is 44.9 Å². The number of hydrogen-bond donors (Lipinski definition) is 1. The molecule has 5 nitrogen and oxygen atoms in total. The van der Waals surface area contributed by atoms with Crippen molar-refractivity contribution in [1.29, 1.82) is 0 Å². The molecule has 3 heterocycles. The Kier molecular flexibility index (Phi) is 6.47. The fourth-order valence-electron chi connectivity index (χ4n) is 3.68. The van der Waals surface area contributed by atoms with Gasteiger partial charge in [0, 0.05) is 32.4 Å². The maximum absolute atomic E-state index is 12.8. The summed E-state index contributed by atoms with van der Waals surface area (Å²) in [5.74, 6) is 0.864. The molecule has 0 atom stereocenters. The van der Waals surface area contributed by atoms with Crippen LogP contribution in [0.1, 0.15) is 55.3 Å². The molecule has 0 unspecified atom stereocenters. The zero-order valence-corrected chi connectivity index (χ0v) is 14.7. The lowest BCUT2D eigenvalue weighted by molar-refractivity contribution is 0.0725. The van der Waals surface area contributed by atoms with E-state index in [-0.39, 0.29) is 5.91 Å². The van der Waals surface area contributed by atoms with Gasteiger partial charge in [0.2, 0.25) is 0 Å². The second-order valence-electron chi connectivity index (χ2n) is 6.94. The largest absolute Gasteiger partial charge is 0.368 e. The molecule has 132 valence electrons. The van der Waals surface area contributed by atoms with Crippen molar-refractivity contribution >= 4 is 11.7 Å². The van der Waals surface area contributed by atoms with Crippen molar-refractivity contribution in [3.05, 3.63) is 23.9 Å². The first-order chi connectivity index (χ1) is 11.8. The fraction of sp³-hybridized carbons (Fsp3) is 0.684.